The van der Waals surface area contributed by atoms with Crippen LogP contribution in [0.5, 0.6) is 5.75 Å². The van der Waals surface area contributed by atoms with Gasteiger partial charge in [-0.05, 0) is 75.6 Å². The lowest BCUT2D eigenvalue weighted by atomic mass is 10.1. The Kier molecular flexibility index (Phi) is 9.71. The maximum absolute atomic E-state index is 12.7. The van der Waals surface area contributed by atoms with Gasteiger partial charge in [-0.3, -0.25) is 4.79 Å². The number of alkyl halides is 3. The number of carbonyl (C=O) groups is 2. The van der Waals surface area contributed by atoms with Gasteiger partial charge in [0.05, 0.1) is 31.8 Å². The molecule has 2 aromatic rings. The molecule has 0 fully saturated rings. The minimum atomic E-state index is -4.39. The average Bonchev–Trinajstić information content (AvgIpc) is 2.80. The highest BCUT2D eigenvalue weighted by Gasteiger charge is 2.30. The topological polar surface area (TPSA) is 64.6 Å². The van der Waals surface area contributed by atoms with Crippen LogP contribution in [0.4, 0.5) is 23.7 Å². The standard InChI is InChI=1S/C26H33F3N2O4/c1-6-31(7-2,8-3)17-23(32)30-24-18(4)15-22(16-19(24)5)35-25(33)34-14-13-20-9-11-21(12-10-20)26(27,28)29/h9-12,15-16H,6-8,13-14,17H2,1-5H3/p+1. The van der Waals surface area contributed by atoms with Crippen LogP contribution in [-0.4, -0.2) is 49.3 Å². The number of ether oxygens (including phenoxy) is 2. The lowest BCUT2D eigenvalue weighted by Crippen LogP contribution is -2.52. The van der Waals surface area contributed by atoms with Crippen LogP contribution in [0.15, 0.2) is 36.4 Å². The number of hydrogen-bond acceptors (Lipinski definition) is 4. The van der Waals surface area contributed by atoms with E-state index < -0.39 is 17.9 Å². The molecule has 9 heteroatoms. The van der Waals surface area contributed by atoms with Gasteiger partial charge in [-0.1, -0.05) is 12.1 Å². The summed E-state index contributed by atoms with van der Waals surface area (Å²) in [7, 11) is 0. The molecule has 0 radical (unpaired) electrons. The Morgan fingerprint density at radius 2 is 1.49 bits per heavy atom. The maximum Gasteiger partial charge on any atom is 0.513 e. The summed E-state index contributed by atoms with van der Waals surface area (Å²) in [5.41, 5.74) is 2.04. The molecule has 0 bridgehead atoms. The predicted octanol–water partition coefficient (Wildman–Crippen LogP) is 5.90. The second-order valence-corrected chi connectivity index (χ2v) is 8.57. The van der Waals surface area contributed by atoms with Crippen molar-refractivity contribution in [1.82, 2.24) is 0 Å². The summed E-state index contributed by atoms with van der Waals surface area (Å²) in [5, 5.41) is 2.99. The molecule has 1 N–H and O–H groups in total. The Morgan fingerprint density at radius 1 is 0.943 bits per heavy atom. The van der Waals surface area contributed by atoms with Gasteiger partial charge >= 0.3 is 12.3 Å². The molecular formula is C26H34F3N2O4+. The summed E-state index contributed by atoms with van der Waals surface area (Å²) in [6, 6.07) is 7.96. The number of benzene rings is 2. The molecule has 0 saturated heterocycles. The number of quaternary nitrogens is 1. The second-order valence-electron chi connectivity index (χ2n) is 8.57. The van der Waals surface area contributed by atoms with Crippen LogP contribution in [0.3, 0.4) is 0 Å². The number of amides is 1. The number of nitrogens with one attached hydrogen (secondary N) is 1. The Bertz CT molecular complexity index is 985. The molecule has 0 atom stereocenters. The SMILES string of the molecule is CC[N+](CC)(CC)CC(=O)Nc1c(C)cc(OC(=O)OCCc2ccc(C(F)(F)F)cc2)cc1C. The molecule has 0 saturated carbocycles. The lowest BCUT2D eigenvalue weighted by molar-refractivity contribution is -0.915. The molecule has 0 aliphatic rings. The molecule has 0 aliphatic carbocycles. The predicted molar refractivity (Wildman–Crippen MR) is 128 cm³/mol. The van der Waals surface area contributed by atoms with E-state index in [1.807, 2.05) is 13.8 Å². The van der Waals surface area contributed by atoms with Crippen molar-refractivity contribution in [2.24, 2.45) is 0 Å². The van der Waals surface area contributed by atoms with E-state index in [2.05, 4.69) is 26.1 Å². The van der Waals surface area contributed by atoms with Crippen molar-refractivity contribution in [3.63, 3.8) is 0 Å². The minimum absolute atomic E-state index is 0.0391. The number of hydrogen-bond donors (Lipinski definition) is 1. The Morgan fingerprint density at radius 3 is 1.97 bits per heavy atom. The molecule has 2 rings (SSSR count). The van der Waals surface area contributed by atoms with E-state index in [9.17, 15) is 22.8 Å². The third-order valence-corrected chi connectivity index (χ3v) is 6.36. The molecule has 192 valence electrons. The van der Waals surface area contributed by atoms with Gasteiger partial charge in [0.1, 0.15) is 5.75 Å². The summed E-state index contributed by atoms with van der Waals surface area (Å²) in [6.45, 7) is 12.8. The third-order valence-electron chi connectivity index (χ3n) is 6.36. The number of anilines is 1. The number of likely N-dealkylation sites (N-methyl/N-ethyl adjacent to an activating group) is 1. The Balaban J connectivity index is 1.92. The molecule has 0 aromatic heterocycles. The van der Waals surface area contributed by atoms with Crippen molar-refractivity contribution in [2.75, 3.05) is 38.1 Å². The highest BCUT2D eigenvalue weighted by atomic mass is 19.4. The van der Waals surface area contributed by atoms with E-state index in [1.54, 1.807) is 12.1 Å². The van der Waals surface area contributed by atoms with Gasteiger partial charge in [0, 0.05) is 12.1 Å². The quantitative estimate of drug-likeness (QED) is 0.253. The largest absolute Gasteiger partial charge is 0.513 e. The number of halogens is 3. The number of aryl methyl sites for hydroxylation is 2. The smallest absolute Gasteiger partial charge is 0.434 e. The van der Waals surface area contributed by atoms with E-state index in [1.165, 1.54) is 12.1 Å². The van der Waals surface area contributed by atoms with Crippen molar-refractivity contribution in [2.45, 2.75) is 47.2 Å². The van der Waals surface area contributed by atoms with Crippen LogP contribution >= 0.6 is 0 Å². The molecule has 0 aliphatic heterocycles. The van der Waals surface area contributed by atoms with Crippen molar-refractivity contribution >= 4 is 17.7 Å². The molecule has 6 nitrogen and oxygen atoms in total. The number of rotatable bonds is 10. The van der Waals surface area contributed by atoms with Crippen molar-refractivity contribution in [3.05, 3.63) is 58.7 Å². The molecule has 35 heavy (non-hydrogen) atoms. The Hall–Kier alpha value is -3.07. The van der Waals surface area contributed by atoms with Gasteiger partial charge in [0.25, 0.3) is 5.91 Å². The van der Waals surface area contributed by atoms with Crippen LogP contribution in [0.25, 0.3) is 0 Å². The average molecular weight is 496 g/mol. The zero-order chi connectivity index (χ0) is 26.2. The van der Waals surface area contributed by atoms with Gasteiger partial charge in [0.2, 0.25) is 0 Å². The van der Waals surface area contributed by atoms with Gasteiger partial charge in [-0.25, -0.2) is 4.79 Å². The fourth-order valence-electron chi connectivity index (χ4n) is 3.91. The van der Waals surface area contributed by atoms with Crippen LogP contribution in [0.2, 0.25) is 0 Å². The van der Waals surface area contributed by atoms with Crippen molar-refractivity contribution < 1.29 is 36.7 Å². The highest BCUT2D eigenvalue weighted by Crippen LogP contribution is 2.29. The van der Waals surface area contributed by atoms with E-state index >= 15 is 0 Å². The first-order valence-electron chi connectivity index (χ1n) is 11.7. The zero-order valence-corrected chi connectivity index (χ0v) is 20.9. The van der Waals surface area contributed by atoms with Crippen LogP contribution in [0.1, 0.15) is 43.0 Å². The minimum Gasteiger partial charge on any atom is -0.434 e. The molecule has 1 amide bonds. The molecular weight excluding hydrogens is 461 g/mol. The summed E-state index contributed by atoms with van der Waals surface area (Å²) in [6.07, 6.45) is -5.05. The fraction of sp³-hybridized carbons (Fsp3) is 0.462. The first-order valence-corrected chi connectivity index (χ1v) is 11.7. The normalized spacial score (nSPS) is 11.8. The summed E-state index contributed by atoms with van der Waals surface area (Å²) in [5.74, 6) is 0.205. The van der Waals surface area contributed by atoms with Gasteiger partial charge < -0.3 is 19.3 Å². The number of nitrogens with zero attached hydrogens (tertiary/aromatic N) is 1. The molecule has 0 heterocycles. The number of carbonyl (C=O) groups excluding carboxylic acids is 2. The van der Waals surface area contributed by atoms with Crippen molar-refractivity contribution in [1.29, 1.82) is 0 Å². The first-order chi connectivity index (χ1) is 16.4. The molecule has 0 unspecified atom stereocenters. The molecule has 2 aromatic carbocycles. The monoisotopic (exact) mass is 495 g/mol. The van der Waals surface area contributed by atoms with E-state index in [4.69, 9.17) is 9.47 Å². The van der Waals surface area contributed by atoms with Crippen molar-refractivity contribution in [3.8, 4) is 5.75 Å². The summed E-state index contributed by atoms with van der Waals surface area (Å²) >= 11 is 0. The van der Waals surface area contributed by atoms with Crippen LogP contribution in [0, 0.1) is 13.8 Å². The first kappa shape index (κ1) is 28.2. The van der Waals surface area contributed by atoms with Crippen LogP contribution < -0.4 is 10.1 Å². The maximum atomic E-state index is 12.7. The van der Waals surface area contributed by atoms with E-state index in [-0.39, 0.29) is 24.7 Å². The van der Waals surface area contributed by atoms with E-state index in [0.717, 1.165) is 42.9 Å². The summed E-state index contributed by atoms with van der Waals surface area (Å²) in [4.78, 5) is 24.8. The van der Waals surface area contributed by atoms with Crippen LogP contribution in [-0.2, 0) is 22.1 Å². The Labute approximate surface area is 204 Å². The van der Waals surface area contributed by atoms with Gasteiger partial charge in [-0.2, -0.15) is 13.2 Å². The highest BCUT2D eigenvalue weighted by molar-refractivity contribution is 5.93. The lowest BCUT2D eigenvalue weighted by Gasteiger charge is -2.35. The van der Waals surface area contributed by atoms with Gasteiger partial charge in [0.15, 0.2) is 6.54 Å². The zero-order valence-electron chi connectivity index (χ0n) is 20.9. The molecule has 0 spiro atoms. The summed E-state index contributed by atoms with van der Waals surface area (Å²) < 4.78 is 48.9. The second kappa shape index (κ2) is 12.1. The van der Waals surface area contributed by atoms with E-state index in [0.29, 0.717) is 22.3 Å². The van der Waals surface area contributed by atoms with Gasteiger partial charge in [-0.15, -0.1) is 0 Å². The third kappa shape index (κ3) is 7.99. The fourth-order valence-corrected chi connectivity index (χ4v) is 3.91.